The maximum absolute atomic E-state index is 5.97. The standard InChI is InChI=1S/C17H22N2O/c1-19(13-15-5-3-4-6-17(15)18)12-11-14-7-9-16(20-2)10-8-14/h3-10H,11-13,18H2,1-2H3. The minimum atomic E-state index is 0.865. The maximum Gasteiger partial charge on any atom is 0.118 e. The molecule has 0 saturated heterocycles. The number of para-hydroxylation sites is 1. The molecule has 0 amide bonds. The first-order chi connectivity index (χ1) is 9.69. The van der Waals surface area contributed by atoms with Gasteiger partial charge in [0.25, 0.3) is 0 Å². The van der Waals surface area contributed by atoms with Gasteiger partial charge in [-0.1, -0.05) is 30.3 Å². The Morgan fingerprint density at radius 3 is 2.40 bits per heavy atom. The van der Waals surface area contributed by atoms with Gasteiger partial charge >= 0.3 is 0 Å². The highest BCUT2D eigenvalue weighted by atomic mass is 16.5. The van der Waals surface area contributed by atoms with Crippen molar-refractivity contribution in [3.63, 3.8) is 0 Å². The van der Waals surface area contributed by atoms with Gasteiger partial charge in [-0.05, 0) is 42.8 Å². The molecular weight excluding hydrogens is 248 g/mol. The van der Waals surface area contributed by atoms with Crippen molar-refractivity contribution >= 4 is 5.69 Å². The minimum absolute atomic E-state index is 0.865. The lowest BCUT2D eigenvalue weighted by Gasteiger charge is -2.17. The second-order valence-electron chi connectivity index (χ2n) is 5.03. The van der Waals surface area contributed by atoms with Gasteiger partial charge in [-0.25, -0.2) is 0 Å². The third-order valence-corrected chi connectivity index (χ3v) is 3.44. The van der Waals surface area contributed by atoms with Crippen molar-refractivity contribution in [2.45, 2.75) is 13.0 Å². The van der Waals surface area contributed by atoms with E-state index in [0.717, 1.165) is 30.9 Å². The molecule has 0 aliphatic carbocycles. The molecule has 0 saturated carbocycles. The van der Waals surface area contributed by atoms with Gasteiger partial charge in [0.05, 0.1) is 7.11 Å². The van der Waals surface area contributed by atoms with Gasteiger partial charge < -0.3 is 15.4 Å². The summed E-state index contributed by atoms with van der Waals surface area (Å²) in [5.74, 6) is 0.902. The lowest BCUT2D eigenvalue weighted by Crippen LogP contribution is -2.21. The zero-order chi connectivity index (χ0) is 14.4. The van der Waals surface area contributed by atoms with Crippen LogP contribution in [0.15, 0.2) is 48.5 Å². The highest BCUT2D eigenvalue weighted by molar-refractivity contribution is 5.46. The number of nitrogens with zero attached hydrogens (tertiary/aromatic N) is 1. The largest absolute Gasteiger partial charge is 0.497 e. The minimum Gasteiger partial charge on any atom is -0.497 e. The molecule has 0 aliphatic heterocycles. The molecule has 0 atom stereocenters. The summed E-state index contributed by atoms with van der Waals surface area (Å²) in [6.45, 7) is 1.88. The van der Waals surface area contributed by atoms with Crippen LogP contribution in [0.1, 0.15) is 11.1 Å². The normalized spacial score (nSPS) is 10.8. The van der Waals surface area contributed by atoms with Crippen LogP contribution in [-0.2, 0) is 13.0 Å². The average Bonchev–Trinajstić information content (AvgIpc) is 2.48. The molecule has 2 N–H and O–H groups in total. The van der Waals surface area contributed by atoms with Gasteiger partial charge in [-0.2, -0.15) is 0 Å². The molecule has 3 heteroatoms. The molecule has 0 aromatic heterocycles. The Hall–Kier alpha value is -2.00. The molecule has 2 aromatic carbocycles. The van der Waals surface area contributed by atoms with Crippen LogP contribution in [0.4, 0.5) is 5.69 Å². The molecular formula is C17H22N2O. The lowest BCUT2D eigenvalue weighted by molar-refractivity contribution is 0.331. The van der Waals surface area contributed by atoms with E-state index in [4.69, 9.17) is 10.5 Å². The summed E-state index contributed by atoms with van der Waals surface area (Å²) in [5, 5.41) is 0. The van der Waals surface area contributed by atoms with Gasteiger partial charge in [0, 0.05) is 18.8 Å². The van der Waals surface area contributed by atoms with Crippen LogP contribution in [0, 0.1) is 0 Å². The first-order valence-electron chi connectivity index (χ1n) is 6.84. The van der Waals surface area contributed by atoms with Crippen molar-refractivity contribution < 1.29 is 4.74 Å². The van der Waals surface area contributed by atoms with Crippen LogP contribution < -0.4 is 10.5 Å². The Kier molecular flexibility index (Phi) is 5.02. The van der Waals surface area contributed by atoms with Crippen LogP contribution >= 0.6 is 0 Å². The van der Waals surface area contributed by atoms with Gasteiger partial charge in [0.15, 0.2) is 0 Å². The smallest absolute Gasteiger partial charge is 0.118 e. The molecule has 20 heavy (non-hydrogen) atoms. The lowest BCUT2D eigenvalue weighted by atomic mass is 10.1. The Morgan fingerprint density at radius 1 is 1.05 bits per heavy atom. The molecule has 0 unspecified atom stereocenters. The van der Waals surface area contributed by atoms with Crippen LogP contribution in [0.2, 0.25) is 0 Å². The first-order valence-corrected chi connectivity index (χ1v) is 6.84. The van der Waals surface area contributed by atoms with Crippen molar-refractivity contribution in [3.8, 4) is 5.75 Å². The van der Waals surface area contributed by atoms with Crippen molar-refractivity contribution in [2.75, 3.05) is 26.4 Å². The number of nitrogens with two attached hydrogens (primary N) is 1. The number of likely N-dealkylation sites (N-methyl/N-ethyl adjacent to an activating group) is 1. The van der Waals surface area contributed by atoms with E-state index in [1.807, 2.05) is 30.3 Å². The molecule has 0 fully saturated rings. The van der Waals surface area contributed by atoms with Crippen LogP contribution in [0.25, 0.3) is 0 Å². The van der Waals surface area contributed by atoms with E-state index in [1.165, 1.54) is 11.1 Å². The van der Waals surface area contributed by atoms with Crippen LogP contribution in [0.5, 0.6) is 5.75 Å². The molecule has 3 nitrogen and oxygen atoms in total. The topological polar surface area (TPSA) is 38.5 Å². The van der Waals surface area contributed by atoms with Crippen molar-refractivity contribution in [3.05, 3.63) is 59.7 Å². The summed E-state index contributed by atoms with van der Waals surface area (Å²) in [5.41, 5.74) is 9.34. The number of rotatable bonds is 6. The Labute approximate surface area is 121 Å². The number of anilines is 1. The average molecular weight is 270 g/mol. The highest BCUT2D eigenvalue weighted by Gasteiger charge is 2.04. The van der Waals surface area contributed by atoms with E-state index in [1.54, 1.807) is 7.11 Å². The predicted octanol–water partition coefficient (Wildman–Crippen LogP) is 2.95. The molecule has 0 radical (unpaired) electrons. The highest BCUT2D eigenvalue weighted by Crippen LogP contribution is 2.14. The summed E-state index contributed by atoms with van der Waals surface area (Å²) < 4.78 is 5.16. The monoisotopic (exact) mass is 270 g/mol. The fourth-order valence-electron chi connectivity index (χ4n) is 2.16. The Bertz CT molecular complexity index is 537. The maximum atomic E-state index is 5.97. The van der Waals surface area contributed by atoms with Crippen molar-refractivity contribution in [1.82, 2.24) is 4.90 Å². The number of nitrogen functional groups attached to an aromatic ring is 1. The summed E-state index contributed by atoms with van der Waals surface area (Å²) in [6, 6.07) is 16.3. The fourth-order valence-corrected chi connectivity index (χ4v) is 2.16. The fraction of sp³-hybridized carbons (Fsp3) is 0.294. The van der Waals surface area contributed by atoms with Crippen molar-refractivity contribution in [1.29, 1.82) is 0 Å². The number of ether oxygens (including phenoxy) is 1. The second kappa shape index (κ2) is 6.96. The molecule has 0 aliphatic rings. The summed E-state index contributed by atoms with van der Waals surface area (Å²) in [4.78, 5) is 2.29. The zero-order valence-electron chi connectivity index (χ0n) is 12.2. The van der Waals surface area contributed by atoms with E-state index in [2.05, 4.69) is 30.1 Å². The predicted molar refractivity (Wildman–Crippen MR) is 83.9 cm³/mol. The summed E-state index contributed by atoms with van der Waals surface area (Å²) in [7, 11) is 3.81. The number of hydrogen-bond acceptors (Lipinski definition) is 3. The van der Waals surface area contributed by atoms with Gasteiger partial charge in [-0.15, -0.1) is 0 Å². The third kappa shape index (κ3) is 4.00. The molecule has 0 bridgehead atoms. The van der Waals surface area contributed by atoms with E-state index >= 15 is 0 Å². The number of benzene rings is 2. The molecule has 0 heterocycles. The quantitative estimate of drug-likeness (QED) is 0.820. The van der Waals surface area contributed by atoms with Gasteiger partial charge in [0.2, 0.25) is 0 Å². The van der Waals surface area contributed by atoms with E-state index < -0.39 is 0 Å². The summed E-state index contributed by atoms with van der Waals surface area (Å²) in [6.07, 6.45) is 1.02. The van der Waals surface area contributed by atoms with E-state index in [0.29, 0.717) is 0 Å². The molecule has 0 spiro atoms. The van der Waals surface area contributed by atoms with E-state index in [-0.39, 0.29) is 0 Å². The van der Waals surface area contributed by atoms with Crippen LogP contribution in [-0.4, -0.2) is 25.6 Å². The Balaban J connectivity index is 1.85. The molecule has 2 aromatic rings. The Morgan fingerprint density at radius 2 is 1.75 bits per heavy atom. The molecule has 106 valence electrons. The van der Waals surface area contributed by atoms with Gasteiger partial charge in [-0.3, -0.25) is 0 Å². The SMILES string of the molecule is COc1ccc(CCN(C)Cc2ccccc2N)cc1. The van der Waals surface area contributed by atoms with Crippen LogP contribution in [0.3, 0.4) is 0 Å². The molecule has 2 rings (SSSR count). The van der Waals surface area contributed by atoms with Crippen molar-refractivity contribution in [2.24, 2.45) is 0 Å². The summed E-state index contributed by atoms with van der Waals surface area (Å²) >= 11 is 0. The van der Waals surface area contributed by atoms with E-state index in [9.17, 15) is 0 Å². The van der Waals surface area contributed by atoms with Gasteiger partial charge in [0.1, 0.15) is 5.75 Å². The number of methoxy groups -OCH3 is 1. The number of hydrogen-bond donors (Lipinski definition) is 1. The third-order valence-electron chi connectivity index (χ3n) is 3.44. The second-order valence-corrected chi connectivity index (χ2v) is 5.03. The zero-order valence-corrected chi connectivity index (χ0v) is 12.2. The first kappa shape index (κ1) is 14.4.